The van der Waals surface area contributed by atoms with Crippen LogP contribution in [0.3, 0.4) is 0 Å². The van der Waals surface area contributed by atoms with Gasteiger partial charge in [-0.05, 0) is 42.5 Å². The Morgan fingerprint density at radius 3 is 2.80 bits per heavy atom. The monoisotopic (exact) mass is 297 g/mol. The van der Waals surface area contributed by atoms with Gasteiger partial charge in [0.05, 0.1) is 18.4 Å². The number of carbonyl (C=O) groups excluding carboxylic acids is 1. The van der Waals surface area contributed by atoms with E-state index < -0.39 is 0 Å². The highest BCUT2D eigenvalue weighted by Crippen LogP contribution is 2.36. The number of hydrogen-bond donors (Lipinski definition) is 1. The third kappa shape index (κ3) is 2.95. The van der Waals surface area contributed by atoms with Crippen molar-refractivity contribution < 1.29 is 9.90 Å². The van der Waals surface area contributed by atoms with Crippen molar-refractivity contribution in [1.29, 1.82) is 0 Å². The first-order valence-electron chi connectivity index (χ1n) is 7.10. The van der Waals surface area contributed by atoms with Crippen LogP contribution in [0.5, 0.6) is 0 Å². The van der Waals surface area contributed by atoms with Crippen LogP contribution in [0.15, 0.2) is 5.16 Å². The van der Waals surface area contributed by atoms with Gasteiger partial charge in [0.25, 0.3) is 0 Å². The van der Waals surface area contributed by atoms with Crippen molar-refractivity contribution in [3.05, 3.63) is 0 Å². The van der Waals surface area contributed by atoms with Crippen molar-refractivity contribution in [2.45, 2.75) is 49.3 Å². The van der Waals surface area contributed by atoms with E-state index in [1.165, 1.54) is 18.2 Å². The third-order valence-corrected chi connectivity index (χ3v) is 4.78. The van der Waals surface area contributed by atoms with Gasteiger partial charge in [0.15, 0.2) is 0 Å². The van der Waals surface area contributed by atoms with Crippen LogP contribution in [-0.4, -0.2) is 61.1 Å². The molecule has 2 saturated carbocycles. The summed E-state index contributed by atoms with van der Waals surface area (Å²) in [6.07, 6.45) is 5.51. The second kappa shape index (κ2) is 6.09. The summed E-state index contributed by atoms with van der Waals surface area (Å²) >= 11 is 1.39. The van der Waals surface area contributed by atoms with Crippen molar-refractivity contribution >= 4 is 17.7 Å². The Kier molecular flexibility index (Phi) is 4.21. The molecule has 1 amide bonds. The largest absolute Gasteiger partial charge is 0.395 e. The second-order valence-corrected chi connectivity index (χ2v) is 6.26. The zero-order chi connectivity index (χ0) is 13.9. The minimum atomic E-state index is 0.0206. The van der Waals surface area contributed by atoms with E-state index in [2.05, 4.69) is 15.5 Å². The molecular formula is C12H19N5O2S. The van der Waals surface area contributed by atoms with Crippen LogP contribution in [0.2, 0.25) is 0 Å². The van der Waals surface area contributed by atoms with Crippen molar-refractivity contribution in [3.63, 3.8) is 0 Å². The van der Waals surface area contributed by atoms with E-state index in [0.29, 0.717) is 24.4 Å². The first kappa shape index (κ1) is 13.8. The van der Waals surface area contributed by atoms with Gasteiger partial charge in [0.2, 0.25) is 11.1 Å². The molecule has 8 heteroatoms. The number of amides is 1. The number of aliphatic hydroxyl groups is 1. The van der Waals surface area contributed by atoms with E-state index in [1.807, 2.05) is 9.58 Å². The number of tetrazole rings is 1. The number of carbonyl (C=O) groups is 1. The molecule has 0 bridgehead atoms. The molecule has 0 unspecified atom stereocenters. The molecule has 3 rings (SSSR count). The number of rotatable bonds is 7. The predicted molar refractivity (Wildman–Crippen MR) is 73.2 cm³/mol. The number of thioether (sulfide) groups is 1. The van der Waals surface area contributed by atoms with E-state index in [1.54, 1.807) is 0 Å². The van der Waals surface area contributed by atoms with Crippen LogP contribution < -0.4 is 0 Å². The van der Waals surface area contributed by atoms with Gasteiger partial charge in [-0.3, -0.25) is 4.79 Å². The summed E-state index contributed by atoms with van der Waals surface area (Å²) in [7, 11) is 0. The summed E-state index contributed by atoms with van der Waals surface area (Å²) in [4.78, 5) is 14.1. The maximum Gasteiger partial charge on any atom is 0.233 e. The first-order chi connectivity index (χ1) is 9.79. The van der Waals surface area contributed by atoms with Crippen LogP contribution >= 0.6 is 11.8 Å². The molecule has 20 heavy (non-hydrogen) atoms. The predicted octanol–water partition coefficient (Wildman–Crippen LogP) is 0.473. The standard InChI is InChI=1S/C12H19N5O2S/c18-7-6-16(9-2-1-3-9)11(19)8-20-12-13-14-15-17(12)10-4-5-10/h9-10,18H,1-8H2. The summed E-state index contributed by atoms with van der Waals surface area (Å²) in [6.45, 7) is 0.449. The van der Waals surface area contributed by atoms with Crippen molar-refractivity contribution in [1.82, 2.24) is 25.1 Å². The summed E-state index contributed by atoms with van der Waals surface area (Å²) in [5, 5.41) is 21.4. The Morgan fingerprint density at radius 1 is 1.40 bits per heavy atom. The molecule has 1 aromatic heterocycles. The Hall–Kier alpha value is -1.15. The maximum absolute atomic E-state index is 12.3. The van der Waals surface area contributed by atoms with Gasteiger partial charge in [-0.25, -0.2) is 4.68 Å². The maximum atomic E-state index is 12.3. The molecule has 0 radical (unpaired) electrons. The molecule has 0 aromatic carbocycles. The molecule has 2 fully saturated rings. The van der Waals surface area contributed by atoms with Gasteiger partial charge in [-0.2, -0.15) is 0 Å². The molecule has 7 nitrogen and oxygen atoms in total. The lowest BCUT2D eigenvalue weighted by Crippen LogP contribution is -2.46. The number of aromatic nitrogens is 4. The Balaban J connectivity index is 1.55. The highest BCUT2D eigenvalue weighted by atomic mass is 32.2. The van der Waals surface area contributed by atoms with Gasteiger partial charge in [0.1, 0.15) is 0 Å². The van der Waals surface area contributed by atoms with Gasteiger partial charge in [-0.1, -0.05) is 11.8 Å². The van der Waals surface area contributed by atoms with E-state index in [0.717, 1.165) is 30.8 Å². The Bertz CT molecular complexity index is 472. The van der Waals surface area contributed by atoms with Crippen LogP contribution in [0.25, 0.3) is 0 Å². The molecule has 0 aliphatic heterocycles. The van der Waals surface area contributed by atoms with Crippen LogP contribution in [0, 0.1) is 0 Å². The molecule has 1 aromatic rings. The van der Waals surface area contributed by atoms with E-state index in [4.69, 9.17) is 5.11 Å². The number of nitrogens with zero attached hydrogens (tertiary/aromatic N) is 5. The number of hydrogen-bond acceptors (Lipinski definition) is 6. The third-order valence-electron chi connectivity index (χ3n) is 3.86. The summed E-state index contributed by atoms with van der Waals surface area (Å²) in [5.74, 6) is 0.406. The average molecular weight is 297 g/mol. The summed E-state index contributed by atoms with van der Waals surface area (Å²) in [6, 6.07) is 0.734. The summed E-state index contributed by atoms with van der Waals surface area (Å²) < 4.78 is 1.82. The molecule has 0 saturated heterocycles. The minimum Gasteiger partial charge on any atom is -0.395 e. The van der Waals surface area contributed by atoms with Gasteiger partial charge in [0, 0.05) is 12.6 Å². The topological polar surface area (TPSA) is 84.1 Å². The van der Waals surface area contributed by atoms with E-state index in [9.17, 15) is 4.79 Å². The van der Waals surface area contributed by atoms with Crippen molar-refractivity contribution in [2.75, 3.05) is 18.9 Å². The van der Waals surface area contributed by atoms with Crippen molar-refractivity contribution in [2.24, 2.45) is 0 Å². The molecule has 1 N–H and O–H groups in total. The zero-order valence-corrected chi connectivity index (χ0v) is 12.1. The fourth-order valence-corrected chi connectivity index (χ4v) is 3.19. The second-order valence-electron chi connectivity index (χ2n) is 5.32. The fraction of sp³-hybridized carbons (Fsp3) is 0.833. The van der Waals surface area contributed by atoms with Crippen LogP contribution in [0.4, 0.5) is 0 Å². The molecule has 2 aliphatic carbocycles. The molecule has 2 aliphatic rings. The van der Waals surface area contributed by atoms with Gasteiger partial charge >= 0.3 is 0 Å². The minimum absolute atomic E-state index is 0.0206. The quantitative estimate of drug-likeness (QED) is 0.737. The Labute approximate surface area is 121 Å². The van der Waals surface area contributed by atoms with Gasteiger partial charge < -0.3 is 10.0 Å². The van der Waals surface area contributed by atoms with E-state index >= 15 is 0 Å². The SMILES string of the molecule is O=C(CSc1nnnn1C1CC1)N(CCO)C1CCC1. The first-order valence-corrected chi connectivity index (χ1v) is 8.09. The molecular weight excluding hydrogens is 278 g/mol. The molecule has 110 valence electrons. The van der Waals surface area contributed by atoms with Crippen LogP contribution in [0.1, 0.15) is 38.1 Å². The average Bonchev–Trinajstić information content (AvgIpc) is 3.12. The lowest BCUT2D eigenvalue weighted by Gasteiger charge is -2.37. The fourth-order valence-electron chi connectivity index (χ4n) is 2.35. The lowest BCUT2D eigenvalue weighted by atomic mass is 9.91. The molecule has 0 spiro atoms. The highest BCUT2D eigenvalue weighted by molar-refractivity contribution is 7.99. The molecule has 1 heterocycles. The van der Waals surface area contributed by atoms with Gasteiger partial charge in [-0.15, -0.1) is 5.10 Å². The van der Waals surface area contributed by atoms with Crippen molar-refractivity contribution in [3.8, 4) is 0 Å². The lowest BCUT2D eigenvalue weighted by molar-refractivity contribution is -0.132. The highest BCUT2D eigenvalue weighted by Gasteiger charge is 2.30. The smallest absolute Gasteiger partial charge is 0.233 e. The molecule has 0 atom stereocenters. The number of aliphatic hydroxyl groups excluding tert-OH is 1. The van der Waals surface area contributed by atoms with E-state index in [-0.39, 0.29) is 12.5 Å². The zero-order valence-electron chi connectivity index (χ0n) is 11.3. The van der Waals surface area contributed by atoms with Crippen LogP contribution in [-0.2, 0) is 4.79 Å². The summed E-state index contributed by atoms with van der Waals surface area (Å²) in [5.41, 5.74) is 0. The Morgan fingerprint density at radius 2 is 2.20 bits per heavy atom. The normalized spacial score (nSPS) is 18.9.